The molecule has 0 spiro atoms. The summed E-state index contributed by atoms with van der Waals surface area (Å²) < 4.78 is 13.1. The van der Waals surface area contributed by atoms with E-state index in [9.17, 15) is 9.59 Å². The van der Waals surface area contributed by atoms with E-state index in [1.807, 2.05) is 18.2 Å². The van der Waals surface area contributed by atoms with Gasteiger partial charge >= 0.3 is 5.63 Å². The molecule has 3 aromatic heterocycles. The number of hydrogen-bond acceptors (Lipinski definition) is 8. The average molecular weight is 480 g/mol. The number of nitrogens with one attached hydrogen (secondary N) is 1. The molecule has 1 aromatic carbocycles. The molecule has 9 nitrogen and oxygen atoms in total. The van der Waals surface area contributed by atoms with Crippen LogP contribution in [-0.4, -0.2) is 33.8 Å². The number of hydrogen-bond donors (Lipinski definition) is 1. The van der Waals surface area contributed by atoms with Crippen LogP contribution in [0.4, 0.5) is 11.6 Å². The zero-order valence-corrected chi connectivity index (χ0v) is 19.6. The third-order valence-corrected chi connectivity index (χ3v) is 6.75. The second kappa shape index (κ2) is 9.76. The number of fused-ring (bicyclic) bond motifs is 1. The molecule has 0 unspecified atom stereocenters. The number of carbonyl (C=O) groups excluding carboxylic acids is 1. The van der Waals surface area contributed by atoms with Crippen LogP contribution in [0.5, 0.6) is 0 Å². The number of nitrogens with zero attached hydrogens (tertiary/aromatic N) is 4. The van der Waals surface area contributed by atoms with Gasteiger partial charge < -0.3 is 19.1 Å². The Hall–Kier alpha value is -3.53. The van der Waals surface area contributed by atoms with Gasteiger partial charge in [0.05, 0.1) is 12.8 Å². The molecule has 4 aromatic rings. The normalized spacial score (nSPS) is 14.0. The first-order chi connectivity index (χ1) is 16.6. The fraction of sp³-hybridized carbons (Fsp3) is 0.333. The molecule has 4 heterocycles. The summed E-state index contributed by atoms with van der Waals surface area (Å²) in [5, 5.41) is 13.3. The standard InChI is InChI=1S/C24H25N5O4S/c1-16(30)25-18-7-8-20-17(12-22(31)33-21(20)13-18)15-34-24-27-26-23(28-9-3-2-4-10-28)29(24)14-19-6-5-11-32-19/h5-8,11-13H,2-4,9-10,14-15H2,1H3,(H,25,30). The van der Waals surface area contributed by atoms with Crippen LogP contribution in [0.2, 0.25) is 0 Å². The van der Waals surface area contributed by atoms with E-state index in [-0.39, 0.29) is 5.91 Å². The lowest BCUT2D eigenvalue weighted by atomic mass is 10.1. The smallest absolute Gasteiger partial charge is 0.336 e. The summed E-state index contributed by atoms with van der Waals surface area (Å²) in [5.74, 6) is 2.00. The van der Waals surface area contributed by atoms with Crippen molar-refractivity contribution in [1.82, 2.24) is 14.8 Å². The molecule has 176 valence electrons. The number of rotatable bonds is 7. The molecular weight excluding hydrogens is 454 g/mol. The van der Waals surface area contributed by atoms with E-state index in [2.05, 4.69) is 25.0 Å². The van der Waals surface area contributed by atoms with Gasteiger partial charge in [-0.25, -0.2) is 4.79 Å². The monoisotopic (exact) mass is 479 g/mol. The van der Waals surface area contributed by atoms with Crippen LogP contribution in [0.15, 0.2) is 61.4 Å². The molecule has 10 heteroatoms. The van der Waals surface area contributed by atoms with Crippen LogP contribution >= 0.6 is 11.8 Å². The third-order valence-electron chi connectivity index (χ3n) is 5.74. The molecule has 0 saturated carbocycles. The highest BCUT2D eigenvalue weighted by Gasteiger charge is 2.21. The summed E-state index contributed by atoms with van der Waals surface area (Å²) in [6.07, 6.45) is 5.18. The molecule has 5 rings (SSSR count). The van der Waals surface area contributed by atoms with E-state index in [1.54, 1.807) is 18.4 Å². The van der Waals surface area contributed by atoms with E-state index in [0.29, 0.717) is 23.6 Å². The molecule has 34 heavy (non-hydrogen) atoms. The van der Waals surface area contributed by atoms with E-state index in [0.717, 1.165) is 53.7 Å². The topological polar surface area (TPSA) is 106 Å². The van der Waals surface area contributed by atoms with Crippen molar-refractivity contribution in [2.45, 2.75) is 43.6 Å². The minimum absolute atomic E-state index is 0.186. The van der Waals surface area contributed by atoms with Gasteiger partial charge in [0.1, 0.15) is 11.3 Å². The van der Waals surface area contributed by atoms with Crippen LogP contribution in [0.3, 0.4) is 0 Å². The summed E-state index contributed by atoms with van der Waals surface area (Å²) in [4.78, 5) is 25.9. The predicted octanol–water partition coefficient (Wildman–Crippen LogP) is 4.27. The number of aromatic nitrogens is 3. The van der Waals surface area contributed by atoms with Crippen LogP contribution in [-0.2, 0) is 17.1 Å². The maximum absolute atomic E-state index is 12.2. The van der Waals surface area contributed by atoms with E-state index in [1.165, 1.54) is 31.2 Å². The summed E-state index contributed by atoms with van der Waals surface area (Å²) >= 11 is 1.52. The van der Waals surface area contributed by atoms with Crippen LogP contribution < -0.4 is 15.8 Å². The van der Waals surface area contributed by atoms with Crippen LogP contribution in [0, 0.1) is 0 Å². The lowest BCUT2D eigenvalue weighted by molar-refractivity contribution is -0.114. The first-order valence-corrected chi connectivity index (χ1v) is 12.2. The highest BCUT2D eigenvalue weighted by molar-refractivity contribution is 7.98. The van der Waals surface area contributed by atoms with Crippen molar-refractivity contribution in [3.05, 3.63) is 64.4 Å². The van der Waals surface area contributed by atoms with Crippen LogP contribution in [0.1, 0.15) is 37.5 Å². The van der Waals surface area contributed by atoms with Gasteiger partial charge in [-0.05, 0) is 49.1 Å². The molecule has 1 aliphatic rings. The molecule has 1 saturated heterocycles. The number of carbonyl (C=O) groups is 1. The molecule has 1 fully saturated rings. The SMILES string of the molecule is CC(=O)Nc1ccc2c(CSc3nnc(N4CCCCC4)n3Cc3ccco3)cc(=O)oc2c1. The Balaban J connectivity index is 1.44. The van der Waals surface area contributed by atoms with Crippen LogP contribution in [0.25, 0.3) is 11.0 Å². The minimum Gasteiger partial charge on any atom is -0.467 e. The first-order valence-electron chi connectivity index (χ1n) is 11.2. The Labute approximate surface area is 200 Å². The van der Waals surface area contributed by atoms with Gasteiger partial charge in [-0.1, -0.05) is 11.8 Å². The molecule has 0 bridgehead atoms. The molecule has 1 N–H and O–H groups in total. The summed E-state index contributed by atoms with van der Waals surface area (Å²) in [5.41, 5.74) is 1.41. The largest absolute Gasteiger partial charge is 0.467 e. The second-order valence-electron chi connectivity index (χ2n) is 8.27. The number of furan rings is 1. The van der Waals surface area contributed by atoms with Gasteiger partial charge in [0.15, 0.2) is 5.16 Å². The Morgan fingerprint density at radius 3 is 2.76 bits per heavy atom. The average Bonchev–Trinajstić information content (AvgIpc) is 3.48. The highest BCUT2D eigenvalue weighted by atomic mass is 32.2. The van der Waals surface area contributed by atoms with Crippen molar-refractivity contribution in [2.24, 2.45) is 0 Å². The van der Waals surface area contributed by atoms with E-state index in [4.69, 9.17) is 8.83 Å². The number of anilines is 2. The van der Waals surface area contributed by atoms with Crippen molar-refractivity contribution < 1.29 is 13.6 Å². The summed E-state index contributed by atoms with van der Waals surface area (Å²) in [6.45, 7) is 3.89. The summed E-state index contributed by atoms with van der Waals surface area (Å²) in [7, 11) is 0. The number of piperidine rings is 1. The molecule has 1 amide bonds. The number of thioether (sulfide) groups is 1. The van der Waals surface area contributed by atoms with Gasteiger partial charge in [-0.3, -0.25) is 9.36 Å². The van der Waals surface area contributed by atoms with Crippen molar-refractivity contribution in [2.75, 3.05) is 23.3 Å². The third kappa shape index (κ3) is 4.86. The van der Waals surface area contributed by atoms with Gasteiger partial charge in [-0.2, -0.15) is 0 Å². The van der Waals surface area contributed by atoms with Gasteiger partial charge in [0, 0.05) is 49.0 Å². The molecule has 0 radical (unpaired) electrons. The molecular formula is C24H25N5O4S. The lowest BCUT2D eigenvalue weighted by Gasteiger charge is -2.27. The highest BCUT2D eigenvalue weighted by Crippen LogP contribution is 2.30. The lowest BCUT2D eigenvalue weighted by Crippen LogP contribution is -2.32. The Morgan fingerprint density at radius 1 is 1.15 bits per heavy atom. The van der Waals surface area contributed by atoms with Crippen molar-refractivity contribution in [1.29, 1.82) is 0 Å². The quantitative estimate of drug-likeness (QED) is 0.309. The predicted molar refractivity (Wildman–Crippen MR) is 130 cm³/mol. The first kappa shape index (κ1) is 22.3. The number of amides is 1. The van der Waals surface area contributed by atoms with E-state index < -0.39 is 5.63 Å². The maximum atomic E-state index is 12.2. The zero-order valence-electron chi connectivity index (χ0n) is 18.8. The van der Waals surface area contributed by atoms with Gasteiger partial charge in [0.25, 0.3) is 0 Å². The van der Waals surface area contributed by atoms with Crippen molar-refractivity contribution >= 4 is 40.3 Å². The van der Waals surface area contributed by atoms with Crippen molar-refractivity contribution in [3.63, 3.8) is 0 Å². The Kier molecular flexibility index (Phi) is 6.39. The Morgan fingerprint density at radius 2 is 2.00 bits per heavy atom. The number of benzene rings is 1. The second-order valence-corrected chi connectivity index (χ2v) is 9.21. The van der Waals surface area contributed by atoms with E-state index >= 15 is 0 Å². The fourth-order valence-corrected chi connectivity index (χ4v) is 5.11. The fourth-order valence-electron chi connectivity index (χ4n) is 4.19. The zero-order chi connectivity index (χ0) is 23.5. The molecule has 0 aliphatic carbocycles. The van der Waals surface area contributed by atoms with Gasteiger partial charge in [-0.15, -0.1) is 10.2 Å². The molecule has 1 aliphatic heterocycles. The summed E-state index contributed by atoms with van der Waals surface area (Å²) in [6, 6.07) is 10.6. The van der Waals surface area contributed by atoms with Gasteiger partial charge in [0.2, 0.25) is 11.9 Å². The minimum atomic E-state index is -0.436. The maximum Gasteiger partial charge on any atom is 0.336 e. The molecule has 0 atom stereocenters. The Bertz CT molecular complexity index is 1360. The van der Waals surface area contributed by atoms with Crippen molar-refractivity contribution in [3.8, 4) is 0 Å².